The van der Waals surface area contributed by atoms with Crippen LogP contribution in [0.1, 0.15) is 49.0 Å². The fourth-order valence-corrected chi connectivity index (χ4v) is 4.41. The van der Waals surface area contributed by atoms with E-state index in [2.05, 4.69) is 16.7 Å². The topological polar surface area (TPSA) is 151 Å². The summed E-state index contributed by atoms with van der Waals surface area (Å²) in [6.07, 6.45) is 0.689. The van der Waals surface area contributed by atoms with Gasteiger partial charge in [-0.2, -0.15) is 0 Å². The van der Waals surface area contributed by atoms with Gasteiger partial charge in [0.2, 0.25) is 11.8 Å². The molecule has 1 saturated heterocycles. The predicted molar refractivity (Wildman–Crippen MR) is 144 cm³/mol. The third-order valence-corrected chi connectivity index (χ3v) is 6.52. The van der Waals surface area contributed by atoms with Crippen molar-refractivity contribution < 1.29 is 38.6 Å². The second-order valence-electron chi connectivity index (χ2n) is 9.79. The second-order valence-corrected chi connectivity index (χ2v) is 9.79. The zero-order chi connectivity index (χ0) is 29.2. The Morgan fingerprint density at radius 1 is 1.15 bits per heavy atom. The van der Waals surface area contributed by atoms with Crippen LogP contribution in [-0.2, 0) is 25.8 Å². The lowest BCUT2D eigenvalue weighted by Gasteiger charge is -2.31. The molecule has 0 saturated carbocycles. The molecule has 0 spiro atoms. The Kier molecular flexibility index (Phi) is 10.6. The summed E-state index contributed by atoms with van der Waals surface area (Å²) < 4.78 is 11.2. The van der Waals surface area contributed by atoms with E-state index < -0.39 is 48.2 Å². The molecule has 1 radical (unpaired) electrons. The summed E-state index contributed by atoms with van der Waals surface area (Å²) in [6.45, 7) is 4.09. The molecule has 3 amide bonds. The number of carboxylic acid groups (broad SMARTS) is 1. The number of nitrogens with zero attached hydrogens (tertiary/aromatic N) is 1. The fraction of sp³-hybridized carbons (Fsp3) is 0.414. The molecule has 1 heterocycles. The van der Waals surface area contributed by atoms with Crippen LogP contribution in [0.3, 0.4) is 0 Å². The lowest BCUT2D eigenvalue weighted by molar-refractivity contribution is -0.142. The van der Waals surface area contributed by atoms with E-state index in [0.29, 0.717) is 30.6 Å². The fourth-order valence-electron chi connectivity index (χ4n) is 4.41. The van der Waals surface area contributed by atoms with Crippen molar-refractivity contribution in [2.45, 2.75) is 57.8 Å². The van der Waals surface area contributed by atoms with Crippen molar-refractivity contribution in [2.75, 3.05) is 13.7 Å². The number of hydrogen-bond acceptors (Lipinski definition) is 7. The summed E-state index contributed by atoms with van der Waals surface area (Å²) in [7, 11) is 1.48. The van der Waals surface area contributed by atoms with Crippen LogP contribution < -0.4 is 20.1 Å². The minimum Gasteiger partial charge on any atom is -0.493 e. The van der Waals surface area contributed by atoms with Crippen molar-refractivity contribution in [2.24, 2.45) is 5.92 Å². The maximum atomic E-state index is 13.5. The predicted octanol–water partition coefficient (Wildman–Crippen LogP) is 1.98. The number of amides is 3. The molecule has 11 nitrogen and oxygen atoms in total. The molecule has 3 N–H and O–H groups in total. The number of methoxy groups -OCH3 is 1. The molecule has 213 valence electrons. The van der Waals surface area contributed by atoms with Gasteiger partial charge < -0.3 is 34.9 Å². The first-order valence-electron chi connectivity index (χ1n) is 13.0. The average molecular weight is 553 g/mol. The first-order chi connectivity index (χ1) is 19.1. The molecule has 2 aromatic carbocycles. The van der Waals surface area contributed by atoms with E-state index in [1.807, 2.05) is 30.3 Å². The highest BCUT2D eigenvalue weighted by Gasteiger charge is 2.39. The molecule has 3 rings (SSSR count). The highest BCUT2D eigenvalue weighted by Crippen LogP contribution is 2.29. The molecule has 40 heavy (non-hydrogen) atoms. The molecule has 0 unspecified atom stereocenters. The van der Waals surface area contributed by atoms with Crippen LogP contribution in [0.2, 0.25) is 0 Å². The summed E-state index contributed by atoms with van der Waals surface area (Å²) in [4.78, 5) is 63.1. The number of hydrogen-bond donors (Lipinski definition) is 3. The Morgan fingerprint density at radius 3 is 2.50 bits per heavy atom. The van der Waals surface area contributed by atoms with E-state index in [9.17, 15) is 24.0 Å². The van der Waals surface area contributed by atoms with Gasteiger partial charge in [-0.05, 0) is 42.5 Å². The zero-order valence-electron chi connectivity index (χ0n) is 22.7. The standard InChI is InChI=1S/C29H34N3O8/c1-18(2)26(29(38)32-13-7-10-22(32)28(37)30-21(16-33)15-25(34)35)31-27(36)20-11-12-23(39-3)24(14-20)40-17-19-8-5-4-6-9-19/h4-6,8-9,12,14,16,18,21-22,26H,7,10,13,15,17H2,1-3H3,(H,30,37)(H,31,36)(H,34,35)/t21-,22-,26-/m0/s1. The number of carbonyl (C=O) groups is 5. The summed E-state index contributed by atoms with van der Waals surface area (Å²) in [5, 5.41) is 14.1. The summed E-state index contributed by atoms with van der Waals surface area (Å²) in [5.41, 5.74) is 1.07. The molecular weight excluding hydrogens is 518 g/mol. The van der Waals surface area contributed by atoms with Gasteiger partial charge in [0.25, 0.3) is 5.91 Å². The van der Waals surface area contributed by atoms with E-state index in [1.54, 1.807) is 13.8 Å². The lowest BCUT2D eigenvalue weighted by atomic mass is 10.0. The molecule has 0 aliphatic carbocycles. The largest absolute Gasteiger partial charge is 0.493 e. The van der Waals surface area contributed by atoms with Gasteiger partial charge in [-0.15, -0.1) is 0 Å². The monoisotopic (exact) mass is 552 g/mol. The minimum atomic E-state index is -1.23. The molecule has 1 fully saturated rings. The number of likely N-dealkylation sites (tertiary alicyclic amines) is 1. The first kappa shape index (κ1) is 30.1. The molecule has 0 bridgehead atoms. The number of nitrogens with one attached hydrogen (secondary N) is 2. The normalized spacial score (nSPS) is 16.1. The van der Waals surface area contributed by atoms with Gasteiger partial charge in [-0.3, -0.25) is 19.2 Å². The van der Waals surface area contributed by atoms with Crippen LogP contribution in [0.4, 0.5) is 0 Å². The summed E-state index contributed by atoms with van der Waals surface area (Å²) in [5.74, 6) is -2.43. The molecule has 2 aromatic rings. The average Bonchev–Trinajstić information content (AvgIpc) is 3.44. The van der Waals surface area contributed by atoms with Crippen molar-refractivity contribution in [3.05, 3.63) is 59.7 Å². The van der Waals surface area contributed by atoms with Gasteiger partial charge >= 0.3 is 5.97 Å². The zero-order valence-corrected chi connectivity index (χ0v) is 22.7. The van der Waals surface area contributed by atoms with E-state index in [4.69, 9.17) is 14.6 Å². The van der Waals surface area contributed by atoms with Crippen molar-refractivity contribution in [3.63, 3.8) is 0 Å². The number of rotatable bonds is 13. The maximum Gasteiger partial charge on any atom is 0.305 e. The van der Waals surface area contributed by atoms with Gasteiger partial charge in [0.15, 0.2) is 11.5 Å². The minimum absolute atomic E-state index is 0.139. The maximum absolute atomic E-state index is 13.5. The van der Waals surface area contributed by atoms with Gasteiger partial charge in [0, 0.05) is 6.54 Å². The van der Waals surface area contributed by atoms with E-state index in [1.165, 1.54) is 24.1 Å². The Balaban J connectivity index is 1.72. The van der Waals surface area contributed by atoms with Crippen molar-refractivity contribution >= 4 is 30.0 Å². The number of aldehydes is 1. The van der Waals surface area contributed by atoms with Gasteiger partial charge in [0.05, 0.1) is 25.1 Å². The number of aliphatic carboxylic acids is 1. The van der Waals surface area contributed by atoms with Crippen molar-refractivity contribution in [3.8, 4) is 11.5 Å². The van der Waals surface area contributed by atoms with Crippen LogP contribution in [-0.4, -0.2) is 71.8 Å². The second kappa shape index (κ2) is 14.1. The van der Waals surface area contributed by atoms with Crippen LogP contribution in [0, 0.1) is 12.0 Å². The number of carboxylic acids is 1. The molecular formula is C29H34N3O8. The Morgan fingerprint density at radius 2 is 1.88 bits per heavy atom. The number of carbonyl (C=O) groups excluding carboxylic acids is 4. The van der Waals surface area contributed by atoms with Crippen LogP contribution in [0.25, 0.3) is 0 Å². The van der Waals surface area contributed by atoms with Crippen LogP contribution in [0.15, 0.2) is 42.5 Å². The highest BCUT2D eigenvalue weighted by atomic mass is 16.5. The SMILES string of the molecule is COc1c[c]c(C(=O)N[C@H](C(=O)N2CCC[C@H]2C(=O)N[C@H](C=O)CC(=O)O)C(C)C)cc1OCc1ccccc1. The van der Waals surface area contributed by atoms with Gasteiger partial charge in [-0.25, -0.2) is 0 Å². The van der Waals surface area contributed by atoms with Crippen molar-refractivity contribution in [1.29, 1.82) is 0 Å². The van der Waals surface area contributed by atoms with Gasteiger partial charge in [-0.1, -0.05) is 44.2 Å². The third kappa shape index (κ3) is 7.81. The van der Waals surface area contributed by atoms with Crippen LogP contribution >= 0.6 is 0 Å². The summed E-state index contributed by atoms with van der Waals surface area (Å²) >= 11 is 0. The van der Waals surface area contributed by atoms with Crippen molar-refractivity contribution in [1.82, 2.24) is 15.5 Å². The molecule has 1 aliphatic heterocycles. The molecule has 0 aromatic heterocycles. The van der Waals surface area contributed by atoms with E-state index in [-0.39, 0.29) is 24.6 Å². The number of benzene rings is 2. The lowest BCUT2D eigenvalue weighted by Crippen LogP contribution is -2.56. The number of ether oxygens (including phenoxy) is 2. The van der Waals surface area contributed by atoms with Crippen LogP contribution in [0.5, 0.6) is 11.5 Å². The molecule has 3 atom stereocenters. The molecule has 11 heteroatoms. The highest BCUT2D eigenvalue weighted by molar-refractivity contribution is 5.99. The molecule has 1 aliphatic rings. The summed E-state index contributed by atoms with van der Waals surface area (Å²) in [6, 6.07) is 12.3. The quantitative estimate of drug-likeness (QED) is 0.319. The van der Waals surface area contributed by atoms with E-state index >= 15 is 0 Å². The Labute approximate surface area is 232 Å². The van der Waals surface area contributed by atoms with Gasteiger partial charge in [0.1, 0.15) is 25.0 Å². The third-order valence-electron chi connectivity index (χ3n) is 6.52. The Bertz CT molecular complexity index is 1220. The first-order valence-corrected chi connectivity index (χ1v) is 13.0. The smallest absolute Gasteiger partial charge is 0.305 e. The Hall–Kier alpha value is -4.41. The van der Waals surface area contributed by atoms with E-state index in [0.717, 1.165) is 5.56 Å².